The third kappa shape index (κ3) is 2.99. The van der Waals surface area contributed by atoms with Crippen LogP contribution in [0.3, 0.4) is 0 Å². The van der Waals surface area contributed by atoms with E-state index in [1.54, 1.807) is 18.3 Å². The first-order valence-electron chi connectivity index (χ1n) is 9.37. The van der Waals surface area contributed by atoms with E-state index in [4.69, 9.17) is 4.74 Å². The van der Waals surface area contributed by atoms with Crippen LogP contribution >= 0.6 is 0 Å². The van der Waals surface area contributed by atoms with Gasteiger partial charge in [-0.2, -0.15) is 0 Å². The maximum absolute atomic E-state index is 12.8. The van der Waals surface area contributed by atoms with Crippen molar-refractivity contribution in [3.8, 4) is 5.75 Å². The summed E-state index contributed by atoms with van der Waals surface area (Å²) in [6, 6.07) is 3.59. The molecule has 1 aromatic rings. The van der Waals surface area contributed by atoms with Crippen LogP contribution in [0.2, 0.25) is 0 Å². The first-order valence-corrected chi connectivity index (χ1v) is 9.37. The molecule has 3 aliphatic heterocycles. The van der Waals surface area contributed by atoms with Gasteiger partial charge in [0.05, 0.1) is 7.11 Å². The number of hydrogen-bond donors (Lipinski definition) is 0. The molecule has 0 aromatic carbocycles. The fraction of sp³-hybridized carbons (Fsp3) is 0.632. The van der Waals surface area contributed by atoms with Gasteiger partial charge in [0, 0.05) is 38.3 Å². The SMILES string of the molecule is COc1cccn(CC(=O)N2CC3CC(C2)[C@@H]2CCCC(=O)N2C3)c1=O. The Morgan fingerprint density at radius 3 is 2.92 bits per heavy atom. The lowest BCUT2D eigenvalue weighted by molar-refractivity contribution is -0.148. The molecule has 26 heavy (non-hydrogen) atoms. The first kappa shape index (κ1) is 17.1. The van der Waals surface area contributed by atoms with Gasteiger partial charge in [-0.15, -0.1) is 0 Å². The molecule has 4 rings (SSSR count). The Hall–Kier alpha value is -2.31. The minimum atomic E-state index is -0.287. The van der Waals surface area contributed by atoms with Gasteiger partial charge in [-0.1, -0.05) is 0 Å². The van der Waals surface area contributed by atoms with E-state index in [-0.39, 0.29) is 35.7 Å². The topological polar surface area (TPSA) is 71.8 Å². The molecule has 3 fully saturated rings. The predicted molar refractivity (Wildman–Crippen MR) is 94.8 cm³/mol. The third-order valence-corrected chi connectivity index (χ3v) is 6.04. The van der Waals surface area contributed by atoms with Gasteiger partial charge < -0.3 is 19.1 Å². The van der Waals surface area contributed by atoms with Crippen LogP contribution in [0.1, 0.15) is 25.7 Å². The molecule has 0 spiro atoms. The molecule has 2 bridgehead atoms. The van der Waals surface area contributed by atoms with E-state index < -0.39 is 0 Å². The van der Waals surface area contributed by atoms with Gasteiger partial charge >= 0.3 is 0 Å². The molecule has 0 saturated carbocycles. The summed E-state index contributed by atoms with van der Waals surface area (Å²) >= 11 is 0. The molecule has 2 unspecified atom stereocenters. The molecule has 0 N–H and O–H groups in total. The molecule has 7 nitrogen and oxygen atoms in total. The highest BCUT2D eigenvalue weighted by molar-refractivity contribution is 5.78. The second kappa shape index (κ2) is 6.78. The van der Waals surface area contributed by atoms with E-state index in [0.29, 0.717) is 31.3 Å². The maximum Gasteiger partial charge on any atom is 0.293 e. The highest BCUT2D eigenvalue weighted by Gasteiger charge is 2.44. The minimum absolute atomic E-state index is 0.0305. The van der Waals surface area contributed by atoms with Crippen molar-refractivity contribution in [1.29, 1.82) is 0 Å². The van der Waals surface area contributed by atoms with Crippen LogP contribution in [0, 0.1) is 11.8 Å². The number of pyridine rings is 1. The molecule has 0 radical (unpaired) electrons. The number of likely N-dealkylation sites (tertiary alicyclic amines) is 1. The Balaban J connectivity index is 1.47. The Bertz CT molecular complexity index is 774. The molecule has 4 heterocycles. The number of amides is 2. The molecule has 7 heteroatoms. The van der Waals surface area contributed by atoms with E-state index in [0.717, 1.165) is 25.8 Å². The van der Waals surface area contributed by atoms with Crippen molar-refractivity contribution in [2.45, 2.75) is 38.3 Å². The zero-order valence-corrected chi connectivity index (χ0v) is 15.1. The van der Waals surface area contributed by atoms with Gasteiger partial charge in [-0.05, 0) is 43.2 Å². The Morgan fingerprint density at radius 1 is 1.27 bits per heavy atom. The van der Waals surface area contributed by atoms with E-state index >= 15 is 0 Å². The van der Waals surface area contributed by atoms with Crippen LogP contribution in [0.5, 0.6) is 5.75 Å². The highest BCUT2D eigenvalue weighted by atomic mass is 16.5. The zero-order valence-electron chi connectivity index (χ0n) is 15.1. The quantitative estimate of drug-likeness (QED) is 0.797. The summed E-state index contributed by atoms with van der Waals surface area (Å²) in [7, 11) is 1.45. The number of carbonyl (C=O) groups excluding carboxylic acids is 2. The fourth-order valence-electron chi connectivity index (χ4n) is 4.85. The number of rotatable bonds is 3. The second-order valence-corrected chi connectivity index (χ2v) is 7.68. The lowest BCUT2D eigenvalue weighted by Crippen LogP contribution is -2.61. The van der Waals surface area contributed by atoms with Crippen LogP contribution in [0.15, 0.2) is 23.1 Å². The number of fused-ring (bicyclic) bond motifs is 4. The van der Waals surface area contributed by atoms with Gasteiger partial charge in [-0.3, -0.25) is 14.4 Å². The van der Waals surface area contributed by atoms with Gasteiger partial charge in [-0.25, -0.2) is 0 Å². The lowest BCUT2D eigenvalue weighted by atomic mass is 9.76. The van der Waals surface area contributed by atoms with Crippen LogP contribution in [-0.4, -0.2) is 59.0 Å². The Kier molecular flexibility index (Phi) is 4.46. The van der Waals surface area contributed by atoms with Crippen LogP contribution in [0.4, 0.5) is 0 Å². The summed E-state index contributed by atoms with van der Waals surface area (Å²) in [5.74, 6) is 1.19. The highest BCUT2D eigenvalue weighted by Crippen LogP contribution is 2.37. The average Bonchev–Trinajstić information content (AvgIpc) is 2.64. The largest absolute Gasteiger partial charge is 0.491 e. The van der Waals surface area contributed by atoms with Crippen molar-refractivity contribution in [2.75, 3.05) is 26.7 Å². The third-order valence-electron chi connectivity index (χ3n) is 6.04. The monoisotopic (exact) mass is 359 g/mol. The second-order valence-electron chi connectivity index (χ2n) is 7.68. The van der Waals surface area contributed by atoms with Gasteiger partial charge in [0.15, 0.2) is 5.75 Å². The standard InChI is InChI=1S/C19H25N3O4/c1-26-16-5-3-7-20(19(16)25)12-18(24)21-9-13-8-14(11-21)15-4-2-6-17(23)22(15)10-13/h3,5,7,13-15H,2,4,6,8-12H2,1H3/t13?,14?,15-/m0/s1. The molecular formula is C19H25N3O4. The molecule has 1 aromatic heterocycles. The molecule has 3 aliphatic rings. The van der Waals surface area contributed by atoms with E-state index in [2.05, 4.69) is 4.90 Å². The minimum Gasteiger partial charge on any atom is -0.491 e. The van der Waals surface area contributed by atoms with Gasteiger partial charge in [0.25, 0.3) is 5.56 Å². The number of ether oxygens (including phenoxy) is 1. The van der Waals surface area contributed by atoms with Crippen molar-refractivity contribution >= 4 is 11.8 Å². The van der Waals surface area contributed by atoms with Crippen molar-refractivity contribution < 1.29 is 14.3 Å². The average molecular weight is 359 g/mol. The zero-order chi connectivity index (χ0) is 18.3. The fourth-order valence-corrected chi connectivity index (χ4v) is 4.85. The van der Waals surface area contributed by atoms with Gasteiger partial charge in [0.2, 0.25) is 11.8 Å². The van der Waals surface area contributed by atoms with E-state index in [1.807, 2.05) is 4.90 Å². The molecule has 3 saturated heterocycles. The number of nitrogens with zero attached hydrogens (tertiary/aromatic N) is 3. The van der Waals surface area contributed by atoms with Crippen molar-refractivity contribution in [3.05, 3.63) is 28.7 Å². The summed E-state index contributed by atoms with van der Waals surface area (Å²) in [4.78, 5) is 41.2. The Labute approximate surface area is 152 Å². The summed E-state index contributed by atoms with van der Waals surface area (Å²) in [5, 5.41) is 0. The van der Waals surface area contributed by atoms with Crippen molar-refractivity contribution in [1.82, 2.24) is 14.4 Å². The number of hydrogen-bond acceptors (Lipinski definition) is 4. The number of methoxy groups -OCH3 is 1. The molecule has 3 atom stereocenters. The summed E-state index contributed by atoms with van der Waals surface area (Å²) in [5.41, 5.74) is -0.287. The smallest absolute Gasteiger partial charge is 0.293 e. The van der Waals surface area contributed by atoms with E-state index in [9.17, 15) is 14.4 Å². The predicted octanol–water partition coefficient (Wildman–Crippen LogP) is 0.716. The van der Waals surface area contributed by atoms with Crippen molar-refractivity contribution in [3.63, 3.8) is 0 Å². The first-order chi connectivity index (χ1) is 12.6. The normalized spacial score (nSPS) is 27.9. The summed E-state index contributed by atoms with van der Waals surface area (Å²) in [6.45, 7) is 2.15. The Morgan fingerprint density at radius 2 is 2.12 bits per heavy atom. The van der Waals surface area contributed by atoms with Gasteiger partial charge in [0.1, 0.15) is 6.54 Å². The lowest BCUT2D eigenvalue weighted by Gasteiger charge is -2.52. The molecular weight excluding hydrogens is 334 g/mol. The molecule has 0 aliphatic carbocycles. The van der Waals surface area contributed by atoms with Crippen LogP contribution < -0.4 is 10.3 Å². The molecule has 2 amide bonds. The maximum atomic E-state index is 12.8. The summed E-state index contributed by atoms with van der Waals surface area (Å²) in [6.07, 6.45) is 5.37. The number of piperidine rings is 3. The van der Waals surface area contributed by atoms with E-state index in [1.165, 1.54) is 11.7 Å². The van der Waals surface area contributed by atoms with Crippen LogP contribution in [-0.2, 0) is 16.1 Å². The van der Waals surface area contributed by atoms with Crippen molar-refractivity contribution in [2.24, 2.45) is 11.8 Å². The number of carbonyl (C=O) groups is 2. The van der Waals surface area contributed by atoms with Crippen LogP contribution in [0.25, 0.3) is 0 Å². The number of aromatic nitrogens is 1. The molecule has 140 valence electrons. The summed E-state index contributed by atoms with van der Waals surface area (Å²) < 4.78 is 6.45.